The standard InChI is InChI=1S/C64H73N9O11S2.W.4H2/c1-7-8-9-31-72-52-27-15-40(2)34-49(52)63(3,4)54(72)29-21-43-13-12-14-44(22-30-55-64(5,6)50-35-42(39-86(81,82)83)18-28-53(50)73(55)32-10-11-33-85(78,79)80)57(43)84-48-25-16-41(17-26-48)36-51(61(76)77)69-59(74)45-19-23-46(24-20-45)66-37-47-38-67-58-56(68-47)60(75)71-62(65)70-58;;;;;/h15-30,34-35,38,51H,7-14,31-33,36-37,39H2,1-6H3,(H7-,65,66,67,69,70,71,74,75,76,77,78,79,80,81,82,83);;4*1H/t51-;;;;;/m0...../s1/i16+1,17+1,25+1,26+1,36+1,41+1,48+1,51+1,61+1;;;;;. The van der Waals surface area contributed by atoms with Gasteiger partial charge in [0.25, 0.3) is 21.6 Å². The van der Waals surface area contributed by atoms with Crippen molar-refractivity contribution in [3.05, 3.63) is 187 Å². The van der Waals surface area contributed by atoms with Crippen LogP contribution in [0, 0.1) is 6.92 Å². The van der Waals surface area contributed by atoms with Crippen molar-refractivity contribution in [1.29, 1.82) is 0 Å². The van der Waals surface area contributed by atoms with E-state index in [1.807, 2.05) is 32.1 Å². The number of anilines is 3. The van der Waals surface area contributed by atoms with Crippen molar-refractivity contribution in [2.24, 2.45) is 0 Å². The van der Waals surface area contributed by atoms with Crippen LogP contribution in [0.1, 0.15) is 136 Å². The van der Waals surface area contributed by atoms with Gasteiger partial charge in [-0.3, -0.25) is 19.1 Å². The number of carboxylic acid groups (broad SMARTS) is 1. The molecular formula is C64H81N9O11S2W. The number of aliphatic carboxylic acids is 1. The molecule has 0 saturated carbocycles. The molecule has 1 amide bonds. The van der Waals surface area contributed by atoms with Crippen molar-refractivity contribution in [2.45, 2.75) is 128 Å². The second-order valence-corrected chi connectivity index (χ2v) is 26.2. The van der Waals surface area contributed by atoms with Gasteiger partial charge in [-0.05, 0) is 141 Å². The van der Waals surface area contributed by atoms with Gasteiger partial charge in [-0.15, -0.1) is 0 Å². The van der Waals surface area contributed by atoms with Gasteiger partial charge in [0.1, 0.15) is 29.8 Å². The third-order valence-corrected chi connectivity index (χ3v) is 17.5. The van der Waals surface area contributed by atoms with Crippen LogP contribution in [-0.2, 0) is 75.6 Å². The number of fused-ring (bicyclic) bond motifs is 3. The maximum atomic E-state index is 13.5. The van der Waals surface area contributed by atoms with Crippen molar-refractivity contribution in [3.63, 3.8) is 0 Å². The van der Waals surface area contributed by atoms with Gasteiger partial charge in [0.2, 0.25) is 11.6 Å². The van der Waals surface area contributed by atoms with E-state index in [0.717, 1.165) is 60.3 Å². The number of allylic oxidation sites excluding steroid dienone is 7. The summed E-state index contributed by atoms with van der Waals surface area (Å²) in [6.07, 6.45) is 15.8. The van der Waals surface area contributed by atoms with Crippen molar-refractivity contribution < 1.29 is 76.7 Å². The zero-order valence-electron chi connectivity index (χ0n) is 49.6. The molecule has 1 atom stereocenters. The molecule has 4 aromatic carbocycles. The van der Waals surface area contributed by atoms with Crippen LogP contribution < -0.4 is 31.6 Å². The molecule has 87 heavy (non-hydrogen) atoms. The minimum Gasteiger partial charge on any atom is -0.748 e. The van der Waals surface area contributed by atoms with Gasteiger partial charge < -0.3 is 35.7 Å². The molecule has 0 saturated heterocycles. The zero-order chi connectivity index (χ0) is 61.7. The number of unbranched alkanes of at least 4 members (excludes halogenated alkanes) is 3. The number of carbonyl (C=O) groups excluding carboxylic acids is 1. The van der Waals surface area contributed by atoms with Crippen LogP contribution in [0.5, 0.6) is 5.75 Å². The Labute approximate surface area is 527 Å². The first kappa shape index (κ1) is 65.4. The Bertz CT molecular complexity index is 4090. The summed E-state index contributed by atoms with van der Waals surface area (Å²) in [7, 11) is -8.77. The number of nitrogens with two attached hydrogens (primary N) is 1. The molecule has 0 unspecified atom stereocenters. The predicted octanol–water partition coefficient (Wildman–Crippen LogP) is 10.6. The van der Waals surface area contributed by atoms with Gasteiger partial charge in [-0.25, -0.2) is 23.2 Å². The number of carboxylic acids is 1. The summed E-state index contributed by atoms with van der Waals surface area (Å²) in [6.45, 7) is 14.3. The number of benzene rings is 4. The summed E-state index contributed by atoms with van der Waals surface area (Å²) in [4.78, 5) is 55.9. The summed E-state index contributed by atoms with van der Waals surface area (Å²) in [5.41, 5.74) is 15.8. The minimum absolute atomic E-state index is 0. The van der Waals surface area contributed by atoms with E-state index in [9.17, 15) is 45.4 Å². The molecule has 2 aromatic heterocycles. The molecule has 7 N–H and O–H groups in total. The van der Waals surface area contributed by atoms with Crippen LogP contribution >= 0.6 is 0 Å². The Morgan fingerprint density at radius 1 is 0.908 bits per heavy atom. The molecule has 1 aliphatic carbocycles. The van der Waals surface area contributed by atoms with Crippen LogP contribution in [0.15, 0.2) is 143 Å². The van der Waals surface area contributed by atoms with E-state index < -0.39 is 60.6 Å². The van der Waals surface area contributed by atoms with Crippen LogP contribution in [0.25, 0.3) is 11.2 Å². The number of carbonyl (C=O) groups is 2. The second kappa shape index (κ2) is 27.2. The summed E-state index contributed by atoms with van der Waals surface area (Å²) in [5, 5.41) is 16.2. The molecule has 0 fully saturated rings. The van der Waals surface area contributed by atoms with Gasteiger partial charge in [-0.2, -0.15) is 18.0 Å². The van der Waals surface area contributed by atoms with E-state index >= 15 is 0 Å². The van der Waals surface area contributed by atoms with Crippen LogP contribution in [0.3, 0.4) is 0 Å². The molecular weight excluding hydrogens is 1330 g/mol. The molecule has 23 heteroatoms. The predicted molar refractivity (Wildman–Crippen MR) is 340 cm³/mol. The van der Waals surface area contributed by atoms with Crippen molar-refractivity contribution in [1.82, 2.24) is 25.3 Å². The van der Waals surface area contributed by atoms with Gasteiger partial charge in [0, 0.05) is 97.7 Å². The number of aromatic amines is 1. The van der Waals surface area contributed by atoms with E-state index in [-0.39, 0.29) is 74.2 Å². The molecule has 466 valence electrons. The molecule has 3 aliphatic rings. The van der Waals surface area contributed by atoms with Crippen LogP contribution in [0.2, 0.25) is 0 Å². The quantitative estimate of drug-likeness (QED) is 0.0142. The molecule has 4 heterocycles. The largest absolute Gasteiger partial charge is 0.748 e. The number of aryl methyl sites for hydroxylation is 1. The molecule has 20 nitrogen and oxygen atoms in total. The molecule has 6 aromatic rings. The minimum atomic E-state index is -4.44. The van der Waals surface area contributed by atoms with Gasteiger partial charge in [0.05, 0.1) is 34.0 Å². The van der Waals surface area contributed by atoms with E-state index in [4.69, 9.17) is 10.5 Å². The number of nitrogens with zero attached hydrogens (tertiary/aromatic N) is 5. The number of ether oxygens (including phenoxy) is 1. The fourth-order valence-corrected chi connectivity index (χ4v) is 12.7. The number of H-pyrrole nitrogens is 1. The third kappa shape index (κ3) is 15.8. The number of rotatable bonds is 24. The number of aromatic nitrogens is 4. The fourth-order valence-electron chi connectivity index (χ4n) is 11.6. The normalized spacial score (nSPS) is 16.8. The Hall–Kier alpha value is -7.62. The van der Waals surface area contributed by atoms with Crippen molar-refractivity contribution in [2.75, 3.05) is 34.8 Å². The Morgan fingerprint density at radius 3 is 2.34 bits per heavy atom. The Kier molecular flexibility index (Phi) is 20.4. The molecule has 0 bridgehead atoms. The SMILES string of the molecule is CCCCCN1/C(=C/C=C2\CCCC(/C=C/C3=[N+](CCCCS(=O)(=O)[O-])c4ccc(CS(=O)(=O)O)cc4C3(C)C)=C2O[13c]2[13cH][13cH][13c]([13CH2][13C@H](NC(=O)c3ccc(NCc4cnc5nc(N)[nH]c(=O)c5n4)cc3)[13C](=O)O)[13cH][13cH]2)C(C)(C)c2cc(C)ccc21.[HH].[HH].[HH].[HH].[W]. The summed E-state index contributed by atoms with van der Waals surface area (Å²) >= 11 is 0. The smallest absolute Gasteiger partial charge is 0.326 e. The van der Waals surface area contributed by atoms with Crippen molar-refractivity contribution >= 4 is 72.0 Å². The number of hydrogen-bond donors (Lipinski definition) is 6. The second-order valence-electron chi connectivity index (χ2n) is 23.2. The first-order chi connectivity index (χ1) is 40.8. The third-order valence-electron chi connectivity index (χ3n) is 16.0. The molecule has 2 aliphatic heterocycles. The topological polar surface area (TPSA) is 303 Å². The number of nitrogens with one attached hydrogen (secondary N) is 3. The van der Waals surface area contributed by atoms with Gasteiger partial charge in [-0.1, -0.05) is 75.6 Å². The first-order valence-electron chi connectivity index (χ1n) is 28.8. The Morgan fingerprint density at radius 2 is 1.64 bits per heavy atom. The fraction of sp³-hybridized carbons (Fsp3) is 0.359. The van der Waals surface area contributed by atoms with Crippen LogP contribution in [0.4, 0.5) is 23.0 Å². The maximum absolute atomic E-state index is 13.5. The number of amides is 1. The molecule has 0 radical (unpaired) electrons. The number of nitrogen functional groups attached to an aromatic ring is 1. The molecule has 0 spiro atoms. The average Bonchev–Trinajstić information content (AvgIpc) is 1.79. The van der Waals surface area contributed by atoms with E-state index in [2.05, 4.69) is 98.1 Å². The first-order valence-corrected chi connectivity index (χ1v) is 32.0. The van der Waals surface area contributed by atoms with E-state index in [1.54, 1.807) is 60.7 Å². The summed E-state index contributed by atoms with van der Waals surface area (Å²) < 4.78 is 77.7. The summed E-state index contributed by atoms with van der Waals surface area (Å²) in [6, 6.07) is 24.2. The van der Waals surface area contributed by atoms with Crippen LogP contribution in [-0.4, -0.2) is 98.0 Å². The summed E-state index contributed by atoms with van der Waals surface area (Å²) in [5.74, 6) is -1.79. The Balaban J connectivity index is 0.00000353. The zero-order valence-corrected chi connectivity index (χ0v) is 54.1. The number of hydrogen-bond acceptors (Lipinski definition) is 15. The van der Waals surface area contributed by atoms with E-state index in [1.165, 1.54) is 28.7 Å². The maximum Gasteiger partial charge on any atom is 0.326 e. The molecule has 9 rings (SSSR count). The average molecular weight is 1410 g/mol. The van der Waals surface area contributed by atoms with Crippen molar-refractivity contribution in [3.8, 4) is 5.75 Å². The van der Waals surface area contributed by atoms with E-state index in [0.29, 0.717) is 59.8 Å². The monoisotopic (exact) mass is 1410 g/mol. The van der Waals surface area contributed by atoms with Gasteiger partial charge in [0.15, 0.2) is 16.9 Å². The van der Waals surface area contributed by atoms with Gasteiger partial charge >= 0.3 is 5.97 Å².